The Hall–Kier alpha value is -2.66. The average Bonchev–Trinajstić information content (AvgIpc) is 3.23. The molecule has 2 amide bonds. The molecule has 2 aromatic carbocycles. The molecule has 0 aromatic heterocycles. The fourth-order valence-corrected chi connectivity index (χ4v) is 4.18. The maximum absolute atomic E-state index is 13.2. The standard InChI is InChI=1S/C25H33N3O2/c1-18(2)16-21(26)25(30)28-15-9-14-23(28)24(29)27-22(20-12-7-4-8-13-20)17-19-10-5-3-6-11-19/h3-8,10-13,18,21-23H,9,14-17,26H2,1-2H3,(H,27,29)/t21-,22-,23-/m0/s1. The summed E-state index contributed by atoms with van der Waals surface area (Å²) in [6.45, 7) is 4.70. The van der Waals surface area contributed by atoms with Gasteiger partial charge in [0.25, 0.3) is 0 Å². The van der Waals surface area contributed by atoms with E-state index in [1.165, 1.54) is 0 Å². The molecule has 0 bridgehead atoms. The van der Waals surface area contributed by atoms with Crippen molar-refractivity contribution >= 4 is 11.8 Å². The van der Waals surface area contributed by atoms with Gasteiger partial charge in [0.1, 0.15) is 6.04 Å². The molecule has 0 saturated carbocycles. The maximum atomic E-state index is 13.2. The number of nitrogens with two attached hydrogens (primary N) is 1. The molecule has 5 nitrogen and oxygen atoms in total. The lowest BCUT2D eigenvalue weighted by Gasteiger charge is -2.29. The number of nitrogens with zero attached hydrogens (tertiary/aromatic N) is 1. The van der Waals surface area contributed by atoms with Gasteiger partial charge in [-0.25, -0.2) is 0 Å². The highest BCUT2D eigenvalue weighted by atomic mass is 16.2. The lowest BCUT2D eigenvalue weighted by atomic mass is 9.98. The van der Waals surface area contributed by atoms with Crippen LogP contribution in [0.1, 0.15) is 50.3 Å². The van der Waals surface area contributed by atoms with Crippen LogP contribution in [0.3, 0.4) is 0 Å². The summed E-state index contributed by atoms with van der Waals surface area (Å²) in [5.41, 5.74) is 8.35. The third-order valence-corrected chi connectivity index (χ3v) is 5.68. The van der Waals surface area contributed by atoms with E-state index in [0.717, 1.165) is 17.5 Å². The largest absolute Gasteiger partial charge is 0.347 e. The highest BCUT2D eigenvalue weighted by Gasteiger charge is 2.37. The first-order chi connectivity index (χ1) is 14.5. The van der Waals surface area contributed by atoms with E-state index in [4.69, 9.17) is 5.73 Å². The van der Waals surface area contributed by atoms with Crippen molar-refractivity contribution in [3.63, 3.8) is 0 Å². The fraction of sp³-hybridized carbons (Fsp3) is 0.440. The SMILES string of the molecule is CC(C)C[C@H](N)C(=O)N1CCC[C@H]1C(=O)N[C@@H](Cc1ccccc1)c1ccccc1. The molecule has 0 spiro atoms. The topological polar surface area (TPSA) is 75.4 Å². The van der Waals surface area contributed by atoms with Crippen LogP contribution < -0.4 is 11.1 Å². The van der Waals surface area contributed by atoms with Crippen LogP contribution in [0.25, 0.3) is 0 Å². The van der Waals surface area contributed by atoms with Gasteiger partial charge >= 0.3 is 0 Å². The fourth-order valence-electron chi connectivity index (χ4n) is 4.18. The van der Waals surface area contributed by atoms with Crippen LogP contribution in [-0.2, 0) is 16.0 Å². The second-order valence-electron chi connectivity index (χ2n) is 8.59. The first-order valence-corrected chi connectivity index (χ1v) is 10.9. The summed E-state index contributed by atoms with van der Waals surface area (Å²) in [7, 11) is 0. The normalized spacial score (nSPS) is 18.3. The summed E-state index contributed by atoms with van der Waals surface area (Å²) < 4.78 is 0. The van der Waals surface area contributed by atoms with E-state index in [-0.39, 0.29) is 17.9 Å². The Kier molecular flexibility index (Phi) is 7.63. The highest BCUT2D eigenvalue weighted by molar-refractivity contribution is 5.90. The third-order valence-electron chi connectivity index (χ3n) is 5.68. The van der Waals surface area contributed by atoms with Gasteiger partial charge in [0.15, 0.2) is 0 Å². The molecule has 30 heavy (non-hydrogen) atoms. The second-order valence-corrected chi connectivity index (χ2v) is 8.59. The van der Waals surface area contributed by atoms with Crippen molar-refractivity contribution in [3.05, 3.63) is 71.8 Å². The first kappa shape index (κ1) is 22.0. The van der Waals surface area contributed by atoms with Crippen molar-refractivity contribution in [3.8, 4) is 0 Å². The molecule has 3 atom stereocenters. The third kappa shape index (κ3) is 5.70. The molecule has 1 aliphatic heterocycles. The Morgan fingerprint density at radius 2 is 1.70 bits per heavy atom. The zero-order valence-corrected chi connectivity index (χ0v) is 18.0. The van der Waals surface area contributed by atoms with E-state index in [9.17, 15) is 9.59 Å². The van der Waals surface area contributed by atoms with Gasteiger partial charge in [-0.1, -0.05) is 74.5 Å². The minimum absolute atomic E-state index is 0.0950. The van der Waals surface area contributed by atoms with Crippen LogP contribution in [0.2, 0.25) is 0 Å². The quantitative estimate of drug-likeness (QED) is 0.704. The van der Waals surface area contributed by atoms with Gasteiger partial charge in [-0.3, -0.25) is 9.59 Å². The summed E-state index contributed by atoms with van der Waals surface area (Å²) in [5.74, 6) is 0.134. The molecule has 1 fully saturated rings. The molecule has 0 unspecified atom stereocenters. The van der Waals surface area contributed by atoms with Gasteiger partial charge < -0.3 is 16.0 Å². The highest BCUT2D eigenvalue weighted by Crippen LogP contribution is 2.23. The summed E-state index contributed by atoms with van der Waals surface area (Å²) in [6, 6.07) is 19.0. The first-order valence-electron chi connectivity index (χ1n) is 10.9. The maximum Gasteiger partial charge on any atom is 0.243 e. The van der Waals surface area contributed by atoms with Gasteiger partial charge in [-0.05, 0) is 42.7 Å². The number of carbonyl (C=O) groups excluding carboxylic acids is 2. The molecule has 3 rings (SSSR count). The minimum Gasteiger partial charge on any atom is -0.347 e. The number of amides is 2. The molecule has 1 saturated heterocycles. The number of likely N-dealkylation sites (tertiary alicyclic amines) is 1. The molecule has 160 valence electrons. The van der Waals surface area contributed by atoms with E-state index in [0.29, 0.717) is 31.7 Å². The van der Waals surface area contributed by atoms with E-state index in [2.05, 4.69) is 31.3 Å². The Labute approximate surface area is 179 Å². The van der Waals surface area contributed by atoms with Gasteiger partial charge in [0.05, 0.1) is 12.1 Å². The number of carbonyl (C=O) groups is 2. The predicted molar refractivity (Wildman–Crippen MR) is 120 cm³/mol. The van der Waals surface area contributed by atoms with E-state index in [1.807, 2.05) is 48.5 Å². The summed E-state index contributed by atoms with van der Waals surface area (Å²) in [5, 5.41) is 3.21. The lowest BCUT2D eigenvalue weighted by molar-refractivity contribution is -0.140. The van der Waals surface area contributed by atoms with Crippen molar-refractivity contribution < 1.29 is 9.59 Å². The summed E-state index contributed by atoms with van der Waals surface area (Å²) in [4.78, 5) is 27.8. The Bertz CT molecular complexity index is 823. The Balaban J connectivity index is 1.73. The molecule has 1 aliphatic rings. The number of rotatable bonds is 8. The molecule has 0 radical (unpaired) electrons. The zero-order valence-electron chi connectivity index (χ0n) is 18.0. The van der Waals surface area contributed by atoms with Crippen LogP contribution in [0.5, 0.6) is 0 Å². The minimum atomic E-state index is -0.548. The molecular formula is C25H33N3O2. The smallest absolute Gasteiger partial charge is 0.243 e. The van der Waals surface area contributed by atoms with Crippen LogP contribution in [0.15, 0.2) is 60.7 Å². The van der Waals surface area contributed by atoms with Gasteiger partial charge in [0.2, 0.25) is 11.8 Å². The number of benzene rings is 2. The van der Waals surface area contributed by atoms with Gasteiger partial charge in [-0.15, -0.1) is 0 Å². The molecule has 5 heteroatoms. The van der Waals surface area contributed by atoms with Crippen molar-refractivity contribution in [2.75, 3.05) is 6.54 Å². The number of hydrogen-bond acceptors (Lipinski definition) is 3. The van der Waals surface area contributed by atoms with Crippen molar-refractivity contribution in [2.24, 2.45) is 11.7 Å². The zero-order chi connectivity index (χ0) is 21.5. The number of nitrogens with one attached hydrogen (secondary N) is 1. The predicted octanol–water partition coefficient (Wildman–Crippen LogP) is 3.45. The van der Waals surface area contributed by atoms with E-state index >= 15 is 0 Å². The van der Waals surface area contributed by atoms with Gasteiger partial charge in [0, 0.05) is 6.54 Å². The van der Waals surface area contributed by atoms with Gasteiger partial charge in [-0.2, -0.15) is 0 Å². The molecule has 2 aromatic rings. The molecule has 0 aliphatic carbocycles. The van der Waals surface area contributed by atoms with Crippen LogP contribution in [0, 0.1) is 5.92 Å². The van der Waals surface area contributed by atoms with Crippen LogP contribution in [0.4, 0.5) is 0 Å². The summed E-state index contributed by atoms with van der Waals surface area (Å²) >= 11 is 0. The molecular weight excluding hydrogens is 374 g/mol. The monoisotopic (exact) mass is 407 g/mol. The van der Waals surface area contributed by atoms with E-state index in [1.54, 1.807) is 4.90 Å². The second kappa shape index (κ2) is 10.4. The van der Waals surface area contributed by atoms with Crippen molar-refractivity contribution in [2.45, 2.75) is 57.7 Å². The Morgan fingerprint density at radius 1 is 1.07 bits per heavy atom. The van der Waals surface area contributed by atoms with Crippen molar-refractivity contribution in [1.82, 2.24) is 10.2 Å². The molecule has 1 heterocycles. The van der Waals surface area contributed by atoms with Crippen LogP contribution >= 0.6 is 0 Å². The molecule has 3 N–H and O–H groups in total. The average molecular weight is 408 g/mol. The van der Waals surface area contributed by atoms with E-state index < -0.39 is 12.1 Å². The van der Waals surface area contributed by atoms with Crippen molar-refractivity contribution in [1.29, 1.82) is 0 Å². The summed E-state index contributed by atoms with van der Waals surface area (Å²) in [6.07, 6.45) is 2.83. The Morgan fingerprint density at radius 3 is 2.33 bits per heavy atom. The van der Waals surface area contributed by atoms with Crippen LogP contribution in [-0.4, -0.2) is 35.3 Å². The number of hydrogen-bond donors (Lipinski definition) is 2. The lowest BCUT2D eigenvalue weighted by Crippen LogP contribution is -2.52.